The zero-order chi connectivity index (χ0) is 19.6. The minimum atomic E-state index is -0.0767. The number of carbonyl (C=O) groups is 1. The van der Waals surface area contributed by atoms with E-state index in [0.29, 0.717) is 21.0 Å². The highest BCUT2D eigenvalue weighted by atomic mass is 32.1. The summed E-state index contributed by atoms with van der Waals surface area (Å²) in [5.41, 5.74) is 0.800. The Labute approximate surface area is 165 Å². The molecular weight excluding hydrogens is 358 g/mol. The Bertz CT molecular complexity index is 882. The Balaban J connectivity index is 1.83. The molecule has 1 amide bonds. The van der Waals surface area contributed by atoms with Crippen LogP contribution in [-0.4, -0.2) is 21.5 Å². The van der Waals surface area contributed by atoms with Gasteiger partial charge in [-0.1, -0.05) is 33.1 Å². The van der Waals surface area contributed by atoms with Gasteiger partial charge in [0.1, 0.15) is 10.7 Å². The molecule has 6 heteroatoms. The van der Waals surface area contributed by atoms with Crippen molar-refractivity contribution in [1.29, 1.82) is 0 Å². The summed E-state index contributed by atoms with van der Waals surface area (Å²) in [6.45, 7) is 9.11. The van der Waals surface area contributed by atoms with Crippen molar-refractivity contribution >= 4 is 27.5 Å². The normalized spacial score (nSPS) is 15.6. The van der Waals surface area contributed by atoms with Crippen LogP contribution in [0.2, 0.25) is 0 Å². The highest BCUT2D eigenvalue weighted by molar-refractivity contribution is 7.20. The van der Waals surface area contributed by atoms with Gasteiger partial charge in [-0.05, 0) is 44.6 Å². The van der Waals surface area contributed by atoms with Gasteiger partial charge < -0.3 is 5.32 Å². The molecule has 0 aromatic carbocycles. The minimum absolute atomic E-state index is 0.0229. The number of amides is 1. The third-order valence-electron chi connectivity index (χ3n) is 5.41. The molecule has 0 bridgehead atoms. The first-order chi connectivity index (χ1) is 12.9. The fraction of sp³-hybridized carbons (Fsp3) is 0.667. The Morgan fingerprint density at radius 2 is 2.00 bits per heavy atom. The van der Waals surface area contributed by atoms with Crippen LogP contribution in [-0.2, 0) is 13.0 Å². The summed E-state index contributed by atoms with van der Waals surface area (Å²) in [6, 6.07) is 0.131. The Hall–Kier alpha value is -1.69. The van der Waals surface area contributed by atoms with Gasteiger partial charge in [-0.3, -0.25) is 14.2 Å². The molecule has 0 spiro atoms. The molecule has 3 heterocycles. The fourth-order valence-corrected chi connectivity index (χ4v) is 4.91. The first kappa shape index (κ1) is 20.1. The predicted molar refractivity (Wildman–Crippen MR) is 112 cm³/mol. The fourth-order valence-electron chi connectivity index (χ4n) is 3.82. The lowest BCUT2D eigenvalue weighted by atomic mass is 10.0. The van der Waals surface area contributed by atoms with Crippen molar-refractivity contribution in [2.75, 3.05) is 0 Å². The van der Waals surface area contributed by atoms with E-state index in [2.05, 4.69) is 26.1 Å². The van der Waals surface area contributed by atoms with Crippen LogP contribution < -0.4 is 10.9 Å². The maximum atomic E-state index is 13.0. The lowest BCUT2D eigenvalue weighted by Crippen LogP contribution is -2.32. The quantitative estimate of drug-likeness (QED) is 0.794. The molecule has 2 aromatic heterocycles. The zero-order valence-electron chi connectivity index (χ0n) is 16.9. The number of nitrogens with zero attached hydrogens (tertiary/aromatic N) is 2. The molecule has 3 rings (SSSR count). The highest BCUT2D eigenvalue weighted by Crippen LogP contribution is 2.28. The van der Waals surface area contributed by atoms with Crippen molar-refractivity contribution in [3.8, 4) is 0 Å². The van der Waals surface area contributed by atoms with E-state index in [1.54, 1.807) is 0 Å². The van der Waals surface area contributed by atoms with Crippen molar-refractivity contribution in [1.82, 2.24) is 14.9 Å². The van der Waals surface area contributed by atoms with Crippen LogP contribution >= 0.6 is 11.3 Å². The summed E-state index contributed by atoms with van der Waals surface area (Å²) in [7, 11) is 0. The molecule has 1 N–H and O–H groups in total. The number of fused-ring (bicyclic) bond motifs is 2. The summed E-state index contributed by atoms with van der Waals surface area (Å²) in [4.78, 5) is 31.9. The van der Waals surface area contributed by atoms with Crippen LogP contribution in [0.3, 0.4) is 0 Å². The number of hydrogen-bond acceptors (Lipinski definition) is 4. The summed E-state index contributed by atoms with van der Waals surface area (Å²) >= 11 is 1.36. The van der Waals surface area contributed by atoms with Crippen LogP contribution in [0.1, 0.15) is 80.4 Å². The predicted octanol–water partition coefficient (Wildman–Crippen LogP) is 4.44. The van der Waals surface area contributed by atoms with Gasteiger partial charge in [0.2, 0.25) is 0 Å². The first-order valence-electron chi connectivity index (χ1n) is 10.2. The van der Waals surface area contributed by atoms with Gasteiger partial charge >= 0.3 is 0 Å². The Kier molecular flexibility index (Phi) is 6.35. The third kappa shape index (κ3) is 4.42. The third-order valence-corrected chi connectivity index (χ3v) is 6.60. The van der Waals surface area contributed by atoms with Gasteiger partial charge in [-0.25, -0.2) is 4.98 Å². The average Bonchev–Trinajstić information content (AvgIpc) is 2.77. The SMILES string of the molecule is Cc1c(C(=O)NC(C)CCCC(C)C)sc2nc3n(c(=O)c12)CCCCC3. The van der Waals surface area contributed by atoms with Crippen LogP contribution in [0, 0.1) is 12.8 Å². The smallest absolute Gasteiger partial charge is 0.262 e. The van der Waals surface area contributed by atoms with E-state index < -0.39 is 0 Å². The van der Waals surface area contributed by atoms with Crippen molar-refractivity contribution in [2.24, 2.45) is 5.92 Å². The van der Waals surface area contributed by atoms with E-state index in [0.717, 1.165) is 56.5 Å². The van der Waals surface area contributed by atoms with E-state index in [9.17, 15) is 9.59 Å². The monoisotopic (exact) mass is 389 g/mol. The Morgan fingerprint density at radius 1 is 1.22 bits per heavy atom. The summed E-state index contributed by atoms with van der Waals surface area (Å²) in [5, 5.41) is 3.73. The van der Waals surface area contributed by atoms with Gasteiger partial charge in [0.25, 0.3) is 11.5 Å². The maximum Gasteiger partial charge on any atom is 0.262 e. The second-order valence-corrected chi connectivity index (χ2v) is 9.23. The molecule has 1 aliphatic heterocycles. The summed E-state index contributed by atoms with van der Waals surface area (Å²) < 4.78 is 1.82. The van der Waals surface area contributed by atoms with Gasteiger partial charge in [0, 0.05) is 19.0 Å². The zero-order valence-corrected chi connectivity index (χ0v) is 17.7. The number of rotatable bonds is 6. The number of carbonyl (C=O) groups excluding carboxylic acids is 1. The molecule has 0 saturated carbocycles. The molecular formula is C21H31N3O2S. The highest BCUT2D eigenvalue weighted by Gasteiger charge is 2.22. The van der Waals surface area contributed by atoms with Crippen LogP contribution in [0.4, 0.5) is 0 Å². The minimum Gasteiger partial charge on any atom is -0.349 e. The molecule has 1 unspecified atom stereocenters. The van der Waals surface area contributed by atoms with Crippen molar-refractivity contribution in [3.05, 3.63) is 26.6 Å². The topological polar surface area (TPSA) is 64.0 Å². The maximum absolute atomic E-state index is 13.0. The number of nitrogens with one attached hydrogen (secondary N) is 1. The molecule has 27 heavy (non-hydrogen) atoms. The molecule has 0 aliphatic carbocycles. The second-order valence-electron chi connectivity index (χ2n) is 8.23. The lowest BCUT2D eigenvalue weighted by molar-refractivity contribution is 0.0941. The molecule has 0 saturated heterocycles. The molecule has 0 fully saturated rings. The van der Waals surface area contributed by atoms with Crippen molar-refractivity contribution in [3.63, 3.8) is 0 Å². The molecule has 148 valence electrons. The van der Waals surface area contributed by atoms with Crippen LogP contribution in [0.25, 0.3) is 10.2 Å². The standard InChI is InChI=1S/C21H31N3O2S/c1-13(2)9-8-10-14(3)22-19(25)18-15(4)17-20(27-18)23-16-11-6-5-7-12-24(16)21(17)26/h13-14H,5-12H2,1-4H3,(H,22,25). The van der Waals surface area contributed by atoms with E-state index in [1.807, 2.05) is 11.5 Å². The van der Waals surface area contributed by atoms with E-state index in [-0.39, 0.29) is 17.5 Å². The first-order valence-corrected chi connectivity index (χ1v) is 11.0. The molecule has 2 aromatic rings. The largest absolute Gasteiger partial charge is 0.349 e. The van der Waals surface area contributed by atoms with Crippen molar-refractivity contribution in [2.45, 2.75) is 85.2 Å². The average molecular weight is 390 g/mol. The summed E-state index contributed by atoms with van der Waals surface area (Å²) in [6.07, 6.45) is 7.33. The van der Waals surface area contributed by atoms with E-state index in [1.165, 1.54) is 17.8 Å². The van der Waals surface area contributed by atoms with Crippen LogP contribution in [0.5, 0.6) is 0 Å². The molecule has 5 nitrogen and oxygen atoms in total. The van der Waals surface area contributed by atoms with Crippen LogP contribution in [0.15, 0.2) is 4.79 Å². The molecule has 1 aliphatic rings. The van der Waals surface area contributed by atoms with Gasteiger partial charge in [0.15, 0.2) is 0 Å². The van der Waals surface area contributed by atoms with Gasteiger partial charge in [-0.2, -0.15) is 0 Å². The van der Waals surface area contributed by atoms with E-state index in [4.69, 9.17) is 4.98 Å². The molecule has 0 radical (unpaired) electrons. The van der Waals surface area contributed by atoms with Gasteiger partial charge in [0.05, 0.1) is 10.3 Å². The lowest BCUT2D eigenvalue weighted by Gasteiger charge is -2.14. The van der Waals surface area contributed by atoms with Crippen molar-refractivity contribution < 1.29 is 4.79 Å². The molecule has 1 atom stereocenters. The number of aromatic nitrogens is 2. The summed E-state index contributed by atoms with van der Waals surface area (Å²) in [5.74, 6) is 1.49. The van der Waals surface area contributed by atoms with Gasteiger partial charge in [-0.15, -0.1) is 11.3 Å². The number of aryl methyl sites for hydroxylation is 2. The second kappa shape index (κ2) is 8.55. The number of thiophene rings is 1. The van der Waals surface area contributed by atoms with E-state index >= 15 is 0 Å². The number of hydrogen-bond donors (Lipinski definition) is 1. The Morgan fingerprint density at radius 3 is 2.74 bits per heavy atom.